The SMILES string of the molecule is CC(CNCc1cccc(C(=O)O)c1)CN1CCCCC1. The van der Waals surface area contributed by atoms with Gasteiger partial charge in [-0.2, -0.15) is 0 Å². The fourth-order valence-electron chi connectivity index (χ4n) is 2.92. The summed E-state index contributed by atoms with van der Waals surface area (Å²) in [6.45, 7) is 7.60. The maximum absolute atomic E-state index is 10.9. The molecule has 0 aromatic heterocycles. The van der Waals surface area contributed by atoms with Crippen molar-refractivity contribution in [3.63, 3.8) is 0 Å². The molecule has 1 aromatic rings. The first-order chi connectivity index (χ1) is 10.1. The number of nitrogens with one attached hydrogen (secondary N) is 1. The van der Waals surface area contributed by atoms with Crippen LogP contribution in [0.4, 0.5) is 0 Å². The lowest BCUT2D eigenvalue weighted by Gasteiger charge is -2.29. The molecule has 1 saturated heterocycles. The van der Waals surface area contributed by atoms with Crippen molar-refractivity contribution in [3.8, 4) is 0 Å². The van der Waals surface area contributed by atoms with E-state index >= 15 is 0 Å². The number of benzene rings is 1. The zero-order chi connectivity index (χ0) is 15.1. The van der Waals surface area contributed by atoms with E-state index in [-0.39, 0.29) is 0 Å². The third-order valence-electron chi connectivity index (χ3n) is 4.01. The Hall–Kier alpha value is -1.39. The Labute approximate surface area is 127 Å². The normalized spacial score (nSPS) is 17.6. The third kappa shape index (κ3) is 5.48. The lowest BCUT2D eigenvalue weighted by molar-refractivity contribution is 0.0696. The van der Waals surface area contributed by atoms with Gasteiger partial charge >= 0.3 is 5.97 Å². The van der Waals surface area contributed by atoms with E-state index < -0.39 is 5.97 Å². The lowest BCUT2D eigenvalue weighted by atomic mass is 10.1. The van der Waals surface area contributed by atoms with E-state index in [2.05, 4.69) is 17.1 Å². The summed E-state index contributed by atoms with van der Waals surface area (Å²) < 4.78 is 0. The van der Waals surface area contributed by atoms with Gasteiger partial charge < -0.3 is 15.3 Å². The van der Waals surface area contributed by atoms with Gasteiger partial charge in [-0.1, -0.05) is 25.5 Å². The van der Waals surface area contributed by atoms with E-state index in [0.717, 1.165) is 25.2 Å². The van der Waals surface area contributed by atoms with Crippen LogP contribution in [0, 0.1) is 5.92 Å². The number of hydrogen-bond donors (Lipinski definition) is 2. The summed E-state index contributed by atoms with van der Waals surface area (Å²) in [6, 6.07) is 7.14. The van der Waals surface area contributed by atoms with E-state index in [1.54, 1.807) is 18.2 Å². The van der Waals surface area contributed by atoms with Gasteiger partial charge in [0.25, 0.3) is 0 Å². The number of rotatable bonds is 7. The highest BCUT2D eigenvalue weighted by molar-refractivity contribution is 5.87. The van der Waals surface area contributed by atoms with Gasteiger partial charge in [0.1, 0.15) is 0 Å². The zero-order valence-electron chi connectivity index (χ0n) is 12.8. The van der Waals surface area contributed by atoms with Gasteiger partial charge in [0.2, 0.25) is 0 Å². The van der Waals surface area contributed by atoms with Crippen molar-refractivity contribution >= 4 is 5.97 Å². The second-order valence-electron chi connectivity index (χ2n) is 6.10. The Bertz CT molecular complexity index is 456. The van der Waals surface area contributed by atoms with E-state index in [4.69, 9.17) is 5.11 Å². The Kier molecular flexibility index (Phi) is 6.21. The summed E-state index contributed by atoms with van der Waals surface area (Å²) >= 11 is 0. The molecule has 0 aliphatic carbocycles. The minimum Gasteiger partial charge on any atom is -0.478 e. The van der Waals surface area contributed by atoms with Gasteiger partial charge in [-0.25, -0.2) is 4.79 Å². The quantitative estimate of drug-likeness (QED) is 0.810. The average molecular weight is 290 g/mol. The number of nitrogens with zero attached hydrogens (tertiary/aromatic N) is 1. The van der Waals surface area contributed by atoms with Crippen molar-refractivity contribution < 1.29 is 9.90 Å². The van der Waals surface area contributed by atoms with Crippen LogP contribution in [0.3, 0.4) is 0 Å². The number of piperidine rings is 1. The van der Waals surface area contributed by atoms with Crippen molar-refractivity contribution in [2.24, 2.45) is 5.92 Å². The molecule has 1 aliphatic rings. The molecule has 1 heterocycles. The first-order valence-electron chi connectivity index (χ1n) is 7.90. The topological polar surface area (TPSA) is 52.6 Å². The van der Waals surface area contributed by atoms with Gasteiger partial charge in [-0.3, -0.25) is 0 Å². The minimum atomic E-state index is -0.865. The van der Waals surface area contributed by atoms with E-state index in [1.165, 1.54) is 32.4 Å². The number of hydrogen-bond acceptors (Lipinski definition) is 3. The molecule has 4 heteroatoms. The molecular weight excluding hydrogens is 264 g/mol. The summed E-state index contributed by atoms with van der Waals surface area (Å²) in [5.74, 6) is -0.249. The van der Waals surface area contributed by atoms with Gasteiger partial charge in [0, 0.05) is 13.1 Å². The van der Waals surface area contributed by atoms with E-state index in [1.807, 2.05) is 6.07 Å². The van der Waals surface area contributed by atoms with Crippen molar-refractivity contribution in [1.29, 1.82) is 0 Å². The molecule has 1 aliphatic heterocycles. The third-order valence-corrected chi connectivity index (χ3v) is 4.01. The predicted molar refractivity (Wildman–Crippen MR) is 84.6 cm³/mol. The van der Waals surface area contributed by atoms with Crippen molar-refractivity contribution in [3.05, 3.63) is 35.4 Å². The number of carboxylic acid groups (broad SMARTS) is 1. The molecule has 1 fully saturated rings. The van der Waals surface area contributed by atoms with Crippen molar-refractivity contribution in [2.45, 2.75) is 32.7 Å². The summed E-state index contributed by atoms with van der Waals surface area (Å²) in [7, 11) is 0. The predicted octanol–water partition coefficient (Wildman–Crippen LogP) is 2.60. The maximum Gasteiger partial charge on any atom is 0.335 e. The fraction of sp³-hybridized carbons (Fsp3) is 0.588. The summed E-state index contributed by atoms with van der Waals surface area (Å²) in [5, 5.41) is 12.4. The van der Waals surface area contributed by atoms with Crippen LogP contribution in [0.5, 0.6) is 0 Å². The lowest BCUT2D eigenvalue weighted by Crippen LogP contribution is -2.36. The first-order valence-corrected chi connectivity index (χ1v) is 7.90. The molecule has 1 aromatic carbocycles. The zero-order valence-corrected chi connectivity index (χ0v) is 12.8. The van der Waals surface area contributed by atoms with Crippen molar-refractivity contribution in [1.82, 2.24) is 10.2 Å². The molecule has 0 saturated carbocycles. The highest BCUT2D eigenvalue weighted by atomic mass is 16.4. The summed E-state index contributed by atoms with van der Waals surface area (Å²) in [4.78, 5) is 13.5. The Morgan fingerprint density at radius 1 is 1.33 bits per heavy atom. The Morgan fingerprint density at radius 3 is 2.81 bits per heavy atom. The molecule has 21 heavy (non-hydrogen) atoms. The van der Waals surface area contributed by atoms with Crippen LogP contribution in [-0.4, -0.2) is 42.2 Å². The molecule has 2 N–H and O–H groups in total. The maximum atomic E-state index is 10.9. The van der Waals surface area contributed by atoms with Crippen LogP contribution in [0.2, 0.25) is 0 Å². The molecule has 4 nitrogen and oxygen atoms in total. The van der Waals surface area contributed by atoms with Crippen LogP contribution >= 0.6 is 0 Å². The van der Waals surface area contributed by atoms with Crippen LogP contribution in [0.25, 0.3) is 0 Å². The number of carboxylic acids is 1. The molecule has 0 spiro atoms. The van der Waals surface area contributed by atoms with Gasteiger partial charge in [0.05, 0.1) is 5.56 Å². The minimum absolute atomic E-state index is 0.357. The standard InChI is InChI=1S/C17H26N2O2/c1-14(13-19-8-3-2-4-9-19)11-18-12-15-6-5-7-16(10-15)17(20)21/h5-7,10,14,18H,2-4,8-9,11-13H2,1H3,(H,20,21). The molecule has 0 bridgehead atoms. The molecule has 1 unspecified atom stereocenters. The Balaban J connectivity index is 1.70. The first kappa shape index (κ1) is 16.0. The number of likely N-dealkylation sites (tertiary alicyclic amines) is 1. The highest BCUT2D eigenvalue weighted by Gasteiger charge is 2.13. The molecule has 0 radical (unpaired) electrons. The summed E-state index contributed by atoms with van der Waals surface area (Å²) in [5.41, 5.74) is 1.38. The molecule has 2 rings (SSSR count). The molecular formula is C17H26N2O2. The highest BCUT2D eigenvalue weighted by Crippen LogP contribution is 2.11. The van der Waals surface area contributed by atoms with E-state index in [9.17, 15) is 4.79 Å². The van der Waals surface area contributed by atoms with Gasteiger partial charge in [-0.05, 0) is 56.1 Å². The second-order valence-corrected chi connectivity index (χ2v) is 6.10. The van der Waals surface area contributed by atoms with Gasteiger partial charge in [-0.15, -0.1) is 0 Å². The molecule has 116 valence electrons. The summed E-state index contributed by atoms with van der Waals surface area (Å²) in [6.07, 6.45) is 4.05. The van der Waals surface area contributed by atoms with Crippen LogP contribution in [0.1, 0.15) is 42.1 Å². The van der Waals surface area contributed by atoms with Crippen molar-refractivity contribution in [2.75, 3.05) is 26.2 Å². The number of aromatic carboxylic acids is 1. The number of carbonyl (C=O) groups is 1. The molecule has 1 atom stereocenters. The smallest absolute Gasteiger partial charge is 0.335 e. The second kappa shape index (κ2) is 8.15. The Morgan fingerprint density at radius 2 is 2.10 bits per heavy atom. The monoisotopic (exact) mass is 290 g/mol. The van der Waals surface area contributed by atoms with Crippen LogP contribution in [0.15, 0.2) is 24.3 Å². The van der Waals surface area contributed by atoms with Gasteiger partial charge in [0.15, 0.2) is 0 Å². The average Bonchev–Trinajstić information content (AvgIpc) is 2.48. The van der Waals surface area contributed by atoms with Crippen LogP contribution in [-0.2, 0) is 6.54 Å². The molecule has 0 amide bonds. The van der Waals surface area contributed by atoms with Crippen LogP contribution < -0.4 is 5.32 Å². The fourth-order valence-corrected chi connectivity index (χ4v) is 2.92. The van der Waals surface area contributed by atoms with E-state index in [0.29, 0.717) is 11.5 Å². The largest absolute Gasteiger partial charge is 0.478 e.